The zero-order chi connectivity index (χ0) is 15.6. The molecular formula is C15H31O3PSe. The van der Waals surface area contributed by atoms with Crippen molar-refractivity contribution in [1.29, 1.82) is 0 Å². The van der Waals surface area contributed by atoms with Crippen LogP contribution < -0.4 is 0 Å². The van der Waals surface area contributed by atoms with E-state index in [2.05, 4.69) is 13.5 Å². The molecule has 0 fully saturated rings. The Balaban J connectivity index is 4.94. The van der Waals surface area contributed by atoms with Crippen LogP contribution in [0.5, 0.6) is 0 Å². The van der Waals surface area contributed by atoms with Gasteiger partial charge in [-0.1, -0.05) is 0 Å². The minimum atomic E-state index is -3.03. The summed E-state index contributed by atoms with van der Waals surface area (Å²) in [6.45, 7) is 13.6. The van der Waals surface area contributed by atoms with Gasteiger partial charge in [0.1, 0.15) is 0 Å². The zero-order valence-corrected chi connectivity index (χ0v) is 16.2. The first kappa shape index (κ1) is 20.4. The molecule has 0 saturated carbocycles. The Bertz CT molecular complexity index is 291. The Morgan fingerprint density at radius 3 is 2.15 bits per heavy atom. The first-order valence-corrected chi connectivity index (χ1v) is 11.4. The third-order valence-electron chi connectivity index (χ3n) is 2.49. The molecule has 0 amide bonds. The van der Waals surface area contributed by atoms with E-state index in [0.717, 1.165) is 18.2 Å². The molecule has 0 radical (unpaired) electrons. The molecule has 0 N–H and O–H groups in total. The van der Waals surface area contributed by atoms with Crippen LogP contribution in [0.25, 0.3) is 0 Å². The van der Waals surface area contributed by atoms with Crippen LogP contribution >= 0.6 is 7.60 Å². The standard InChI is InChI=1S/C15H31O3PSe/c1-7-9-11-15(20-12-10-8-2)19(16,17-13(3)4)18-14(5)6/h7,13-15H,1,8-12H2,2-6H3. The molecule has 0 aromatic carbocycles. The van der Waals surface area contributed by atoms with Crippen molar-refractivity contribution < 1.29 is 13.6 Å². The van der Waals surface area contributed by atoms with Crippen LogP contribution in [0.2, 0.25) is 5.32 Å². The predicted octanol–water partition coefficient (Wildman–Crippen LogP) is 5.24. The van der Waals surface area contributed by atoms with Crippen molar-refractivity contribution in [2.45, 2.75) is 82.4 Å². The average molecular weight is 369 g/mol. The SMILES string of the molecule is C=CCCC([Se]CCCC)P(=O)(OC(C)C)OC(C)C. The van der Waals surface area contributed by atoms with Crippen molar-refractivity contribution in [1.82, 2.24) is 0 Å². The molecule has 0 aliphatic rings. The summed E-state index contributed by atoms with van der Waals surface area (Å²) in [5.74, 6) is 0. The van der Waals surface area contributed by atoms with E-state index in [0.29, 0.717) is 15.0 Å². The third-order valence-corrected chi connectivity index (χ3v) is 9.69. The number of allylic oxidation sites excluding steroid dienone is 1. The second-order valence-electron chi connectivity index (χ2n) is 5.39. The molecule has 0 bridgehead atoms. The number of rotatable bonds is 12. The Morgan fingerprint density at radius 2 is 1.75 bits per heavy atom. The van der Waals surface area contributed by atoms with Gasteiger partial charge in [-0.25, -0.2) is 0 Å². The van der Waals surface area contributed by atoms with E-state index < -0.39 is 7.60 Å². The van der Waals surface area contributed by atoms with Crippen molar-refractivity contribution in [3.63, 3.8) is 0 Å². The van der Waals surface area contributed by atoms with E-state index in [4.69, 9.17) is 9.05 Å². The van der Waals surface area contributed by atoms with Crippen molar-refractivity contribution in [2.75, 3.05) is 0 Å². The minimum absolute atomic E-state index is 0.0457. The molecule has 120 valence electrons. The summed E-state index contributed by atoms with van der Waals surface area (Å²) in [7, 11) is -3.03. The quantitative estimate of drug-likeness (QED) is 0.204. The predicted molar refractivity (Wildman–Crippen MR) is 88.7 cm³/mol. The normalized spacial score (nSPS) is 13.9. The Labute approximate surface area is 131 Å². The summed E-state index contributed by atoms with van der Waals surface area (Å²) >= 11 is 0.290. The van der Waals surface area contributed by atoms with Crippen LogP contribution in [0.1, 0.15) is 60.3 Å². The fraction of sp³-hybridized carbons (Fsp3) is 0.867. The van der Waals surface area contributed by atoms with Crippen LogP contribution in [-0.2, 0) is 13.6 Å². The summed E-state index contributed by atoms with van der Waals surface area (Å²) < 4.78 is 24.7. The van der Waals surface area contributed by atoms with Gasteiger partial charge in [0.15, 0.2) is 0 Å². The van der Waals surface area contributed by atoms with Crippen LogP contribution in [0.4, 0.5) is 0 Å². The van der Waals surface area contributed by atoms with Gasteiger partial charge in [0.05, 0.1) is 0 Å². The Kier molecular flexibility index (Phi) is 11.3. The molecule has 0 heterocycles. The molecule has 1 unspecified atom stereocenters. The van der Waals surface area contributed by atoms with Crippen LogP contribution in [0.15, 0.2) is 12.7 Å². The molecular weight excluding hydrogens is 338 g/mol. The number of hydrogen-bond acceptors (Lipinski definition) is 3. The van der Waals surface area contributed by atoms with E-state index >= 15 is 0 Å². The van der Waals surface area contributed by atoms with Gasteiger partial charge in [-0.15, -0.1) is 0 Å². The zero-order valence-electron chi connectivity index (χ0n) is 13.6. The molecule has 20 heavy (non-hydrogen) atoms. The topological polar surface area (TPSA) is 35.5 Å². The summed E-state index contributed by atoms with van der Waals surface area (Å²) in [5.41, 5.74) is 0. The van der Waals surface area contributed by atoms with Gasteiger partial charge in [0.25, 0.3) is 0 Å². The third kappa shape index (κ3) is 8.64. The van der Waals surface area contributed by atoms with Gasteiger partial charge in [0, 0.05) is 0 Å². The van der Waals surface area contributed by atoms with Crippen LogP contribution in [-0.4, -0.2) is 31.7 Å². The first-order chi connectivity index (χ1) is 9.35. The fourth-order valence-corrected chi connectivity index (χ4v) is 8.33. The van der Waals surface area contributed by atoms with Crippen LogP contribution in [0.3, 0.4) is 0 Å². The number of hydrogen-bond donors (Lipinski definition) is 0. The van der Waals surface area contributed by atoms with Gasteiger partial charge in [-0.2, -0.15) is 0 Å². The summed E-state index contributed by atoms with van der Waals surface area (Å²) in [6, 6.07) is 0. The van der Waals surface area contributed by atoms with Crippen molar-refractivity contribution in [3.05, 3.63) is 12.7 Å². The molecule has 0 saturated heterocycles. The molecule has 0 aromatic heterocycles. The van der Waals surface area contributed by atoms with Gasteiger partial charge in [-0.3, -0.25) is 0 Å². The fourth-order valence-electron chi connectivity index (χ4n) is 1.71. The molecule has 3 nitrogen and oxygen atoms in total. The molecule has 0 aliphatic heterocycles. The van der Waals surface area contributed by atoms with Gasteiger partial charge >= 0.3 is 131 Å². The van der Waals surface area contributed by atoms with Crippen molar-refractivity contribution >= 4 is 22.6 Å². The maximum absolute atomic E-state index is 13.2. The Hall–Kier alpha value is 0.409. The van der Waals surface area contributed by atoms with Crippen molar-refractivity contribution in [3.8, 4) is 0 Å². The Morgan fingerprint density at radius 1 is 1.20 bits per heavy atom. The molecule has 1 atom stereocenters. The second kappa shape index (κ2) is 11.0. The van der Waals surface area contributed by atoms with E-state index in [1.54, 1.807) is 0 Å². The molecule has 0 rings (SSSR count). The summed E-state index contributed by atoms with van der Waals surface area (Å²) in [5, 5.41) is 1.14. The van der Waals surface area contributed by atoms with Gasteiger partial charge in [-0.05, 0) is 0 Å². The van der Waals surface area contributed by atoms with E-state index in [-0.39, 0.29) is 16.8 Å². The molecule has 0 aliphatic carbocycles. The first-order valence-electron chi connectivity index (χ1n) is 7.54. The summed E-state index contributed by atoms with van der Waals surface area (Å²) in [6.07, 6.45) is 5.82. The van der Waals surface area contributed by atoms with Crippen molar-refractivity contribution in [2.24, 2.45) is 0 Å². The molecule has 0 aromatic rings. The summed E-state index contributed by atoms with van der Waals surface area (Å²) in [4.78, 5) is 0. The maximum atomic E-state index is 13.2. The average Bonchev–Trinajstić information content (AvgIpc) is 2.31. The van der Waals surface area contributed by atoms with E-state index in [1.165, 1.54) is 12.8 Å². The van der Waals surface area contributed by atoms with E-state index in [9.17, 15) is 4.57 Å². The second-order valence-corrected chi connectivity index (χ2v) is 11.1. The van der Waals surface area contributed by atoms with Gasteiger partial charge < -0.3 is 0 Å². The van der Waals surface area contributed by atoms with Crippen LogP contribution in [0, 0.1) is 0 Å². The molecule has 5 heteroatoms. The van der Waals surface area contributed by atoms with E-state index in [1.807, 2.05) is 33.8 Å². The monoisotopic (exact) mass is 370 g/mol. The molecule has 0 spiro atoms. The number of unbranched alkanes of at least 4 members (excludes halogenated alkanes) is 1. The van der Waals surface area contributed by atoms with Gasteiger partial charge in [0.2, 0.25) is 0 Å².